The quantitative estimate of drug-likeness (QED) is 0.389. The van der Waals surface area contributed by atoms with Gasteiger partial charge in [-0.05, 0) is 75.1 Å². The van der Waals surface area contributed by atoms with E-state index < -0.39 is 0 Å². The molecule has 0 spiro atoms. The fraction of sp³-hybridized carbons (Fsp3) is 0.400. The molecule has 3 aliphatic rings. The molecule has 0 saturated heterocycles. The van der Waals surface area contributed by atoms with E-state index in [0.29, 0.717) is 41.5 Å². The molecule has 0 bridgehead atoms. The average Bonchev–Trinajstić information content (AvgIpc) is 3.74. The number of hydrogen-bond donors (Lipinski definition) is 1. The van der Waals surface area contributed by atoms with Crippen molar-refractivity contribution in [1.29, 1.82) is 0 Å². The van der Waals surface area contributed by atoms with Gasteiger partial charge in [0.15, 0.2) is 5.82 Å². The normalized spacial score (nSPS) is 23.1. The zero-order valence-electron chi connectivity index (χ0n) is 20.5. The molecule has 1 fully saturated rings. The highest BCUT2D eigenvalue weighted by Gasteiger charge is 2.49. The molecule has 2 heterocycles. The maximum absolute atomic E-state index is 15.2. The van der Waals surface area contributed by atoms with Crippen LogP contribution in [0.2, 0.25) is 0 Å². The molecule has 2 atom stereocenters. The highest BCUT2D eigenvalue weighted by Crippen LogP contribution is 2.55. The summed E-state index contributed by atoms with van der Waals surface area (Å²) < 4.78 is 15.2. The summed E-state index contributed by atoms with van der Waals surface area (Å²) in [6, 6.07) is 10.8. The molecular formula is C30H29FN4O. The lowest BCUT2D eigenvalue weighted by molar-refractivity contribution is 0.163. The van der Waals surface area contributed by atoms with Crippen molar-refractivity contribution < 1.29 is 9.50 Å². The Labute approximate surface area is 211 Å². The van der Waals surface area contributed by atoms with Crippen LogP contribution in [-0.4, -0.2) is 20.1 Å². The summed E-state index contributed by atoms with van der Waals surface area (Å²) in [6.07, 6.45) is 8.43. The van der Waals surface area contributed by atoms with Gasteiger partial charge in [0.2, 0.25) is 5.70 Å². The second-order valence-corrected chi connectivity index (χ2v) is 10.5. The Bertz CT molecular complexity index is 1420. The minimum Gasteiger partial charge on any atom is -0.524 e. The number of aliphatic hydroxyl groups is 1. The fourth-order valence-corrected chi connectivity index (χ4v) is 6.35. The summed E-state index contributed by atoms with van der Waals surface area (Å²) in [5.74, 6) is 1.18. The zero-order valence-corrected chi connectivity index (χ0v) is 20.5. The van der Waals surface area contributed by atoms with Crippen LogP contribution in [0, 0.1) is 18.3 Å². The summed E-state index contributed by atoms with van der Waals surface area (Å²) in [7, 11) is 0. The number of hydrogen-bond acceptors (Lipinski definition) is 4. The Balaban J connectivity index is 1.61. The summed E-state index contributed by atoms with van der Waals surface area (Å²) in [4.78, 5) is 18.5. The third kappa shape index (κ3) is 3.69. The smallest absolute Gasteiger partial charge is 0.202 e. The van der Waals surface area contributed by atoms with Crippen LogP contribution in [-0.2, 0) is 11.8 Å². The Kier molecular flexibility index (Phi) is 5.59. The first kappa shape index (κ1) is 22.8. The van der Waals surface area contributed by atoms with Gasteiger partial charge >= 0.3 is 0 Å². The van der Waals surface area contributed by atoms with Crippen LogP contribution in [0.5, 0.6) is 0 Å². The molecule has 0 amide bonds. The van der Waals surface area contributed by atoms with Crippen molar-refractivity contribution in [2.45, 2.75) is 69.6 Å². The van der Waals surface area contributed by atoms with E-state index in [-0.39, 0.29) is 22.9 Å². The van der Waals surface area contributed by atoms with E-state index in [9.17, 15) is 5.11 Å². The molecule has 1 saturated carbocycles. The molecule has 0 aliphatic heterocycles. The van der Waals surface area contributed by atoms with Crippen LogP contribution in [0.25, 0.3) is 27.5 Å². The lowest BCUT2D eigenvalue weighted by atomic mass is 9.57. The minimum atomic E-state index is -0.376. The number of fused-ring (bicyclic) bond motifs is 3. The molecule has 6 rings (SSSR count). The lowest BCUT2D eigenvalue weighted by Gasteiger charge is -2.47. The predicted molar refractivity (Wildman–Crippen MR) is 137 cm³/mol. The summed E-state index contributed by atoms with van der Waals surface area (Å²) in [5, 5.41) is 10.6. The van der Waals surface area contributed by atoms with E-state index in [4.69, 9.17) is 16.5 Å². The van der Waals surface area contributed by atoms with Crippen LogP contribution < -0.4 is 0 Å². The third-order valence-corrected chi connectivity index (χ3v) is 8.25. The lowest BCUT2D eigenvalue weighted by Crippen LogP contribution is -2.44. The highest BCUT2D eigenvalue weighted by atomic mass is 19.1. The van der Waals surface area contributed by atoms with Gasteiger partial charge < -0.3 is 5.11 Å². The van der Waals surface area contributed by atoms with Crippen molar-refractivity contribution in [2.75, 3.05) is 0 Å². The molecule has 1 N–H and O–H groups in total. The summed E-state index contributed by atoms with van der Waals surface area (Å²) in [5.41, 5.74) is 5.05. The van der Waals surface area contributed by atoms with Crippen molar-refractivity contribution in [3.63, 3.8) is 0 Å². The van der Waals surface area contributed by atoms with Gasteiger partial charge in [-0.1, -0.05) is 25.5 Å². The van der Waals surface area contributed by atoms with Gasteiger partial charge in [-0.2, -0.15) is 0 Å². The van der Waals surface area contributed by atoms with Crippen molar-refractivity contribution in [3.05, 3.63) is 88.2 Å². The number of nitrogens with zero attached hydrogens (tertiary/aromatic N) is 4. The van der Waals surface area contributed by atoms with Gasteiger partial charge in [-0.3, -0.25) is 4.98 Å². The Hall–Kier alpha value is -3.59. The number of aromatic nitrogens is 3. The molecule has 3 aromatic rings. The van der Waals surface area contributed by atoms with Gasteiger partial charge in [-0.15, -0.1) is 0 Å². The largest absolute Gasteiger partial charge is 0.524 e. The highest BCUT2D eigenvalue weighted by molar-refractivity contribution is 5.70. The molecule has 6 heteroatoms. The van der Waals surface area contributed by atoms with Crippen molar-refractivity contribution >= 4 is 0 Å². The molecule has 2 aromatic heterocycles. The van der Waals surface area contributed by atoms with E-state index in [0.717, 1.165) is 61.0 Å². The minimum absolute atomic E-state index is 0.186. The van der Waals surface area contributed by atoms with Crippen molar-refractivity contribution in [1.82, 2.24) is 15.0 Å². The molecule has 0 unspecified atom stereocenters. The van der Waals surface area contributed by atoms with Crippen LogP contribution in [0.4, 0.5) is 4.39 Å². The number of rotatable bonds is 5. The van der Waals surface area contributed by atoms with Crippen molar-refractivity contribution in [2.24, 2.45) is 5.92 Å². The third-order valence-electron chi connectivity index (χ3n) is 8.25. The summed E-state index contributed by atoms with van der Waals surface area (Å²) >= 11 is 0. The van der Waals surface area contributed by atoms with Gasteiger partial charge in [0.1, 0.15) is 5.82 Å². The molecule has 0 radical (unpaired) electrons. The average molecular weight is 481 g/mol. The number of benzene rings is 1. The molecular weight excluding hydrogens is 451 g/mol. The standard InChI is InChI=1S/C30H29FN4O/c1-3-13-30-17-25(32-2)26(36)16-20(30)10-11-22-27(21-6-4-5-7-23(21)31)34-29(35-28(22)30)19-12-14-33-24(15-19)18-8-9-18/h4-7,12,14-15,18,20,36H,3,8-11,13,16-17H2,1H3/t20-,30-/m1/s1. The van der Waals surface area contributed by atoms with E-state index in [1.54, 1.807) is 12.1 Å². The Morgan fingerprint density at radius 1 is 1.17 bits per heavy atom. The first-order chi connectivity index (χ1) is 17.5. The Morgan fingerprint density at radius 3 is 2.75 bits per heavy atom. The SMILES string of the molecule is [C-]#[N+]C1=C(O)C[C@H]2CCc3c(-c4ccccc4F)nc(-c4ccnc(C5CC5)c4)nc3[C@]2(CCC)C1. The number of aliphatic hydroxyl groups excluding tert-OH is 1. The van der Waals surface area contributed by atoms with Crippen LogP contribution in [0.1, 0.15) is 74.7 Å². The van der Waals surface area contributed by atoms with Crippen LogP contribution in [0.15, 0.2) is 54.1 Å². The van der Waals surface area contributed by atoms with Gasteiger partial charge in [0.05, 0.1) is 23.7 Å². The summed E-state index contributed by atoms with van der Waals surface area (Å²) in [6.45, 7) is 9.86. The van der Waals surface area contributed by atoms with E-state index in [1.807, 2.05) is 18.3 Å². The van der Waals surface area contributed by atoms with Gasteiger partial charge in [0, 0.05) is 39.9 Å². The topological polar surface area (TPSA) is 63.3 Å². The molecule has 3 aliphatic carbocycles. The molecule has 182 valence electrons. The number of halogens is 1. The van der Waals surface area contributed by atoms with E-state index >= 15 is 4.39 Å². The Morgan fingerprint density at radius 2 is 2.00 bits per heavy atom. The number of pyridine rings is 1. The first-order valence-electron chi connectivity index (χ1n) is 12.9. The molecule has 1 aromatic carbocycles. The maximum atomic E-state index is 15.2. The van der Waals surface area contributed by atoms with E-state index in [1.165, 1.54) is 6.07 Å². The molecule has 36 heavy (non-hydrogen) atoms. The fourth-order valence-electron chi connectivity index (χ4n) is 6.35. The van der Waals surface area contributed by atoms with Gasteiger partial charge in [-0.25, -0.2) is 19.2 Å². The zero-order chi connectivity index (χ0) is 24.9. The second kappa shape index (κ2) is 8.81. The van der Waals surface area contributed by atoms with Gasteiger partial charge in [0.25, 0.3) is 0 Å². The number of allylic oxidation sites excluding steroid dienone is 2. The van der Waals surface area contributed by atoms with Crippen LogP contribution >= 0.6 is 0 Å². The van der Waals surface area contributed by atoms with Crippen molar-refractivity contribution in [3.8, 4) is 22.6 Å². The monoisotopic (exact) mass is 480 g/mol. The molecule has 5 nitrogen and oxygen atoms in total. The first-order valence-corrected chi connectivity index (χ1v) is 12.9. The predicted octanol–water partition coefficient (Wildman–Crippen LogP) is 7.31. The maximum Gasteiger partial charge on any atom is 0.202 e. The van der Waals surface area contributed by atoms with E-state index in [2.05, 4.69) is 22.8 Å². The van der Waals surface area contributed by atoms with Crippen LogP contribution in [0.3, 0.4) is 0 Å². The second-order valence-electron chi connectivity index (χ2n) is 10.5.